The standard InChI is InChI=1S/C15H18N2O/c1-4-12-9-15(18)17(11-12)14-7-5-13(6-8-14)10-16(2)3/h1,5-8,12H,9-11H2,2-3H3. The van der Waals surface area contributed by atoms with Gasteiger partial charge < -0.3 is 9.80 Å². The van der Waals surface area contributed by atoms with Crippen molar-refractivity contribution >= 4 is 11.6 Å². The van der Waals surface area contributed by atoms with Crippen LogP contribution in [0.5, 0.6) is 0 Å². The Labute approximate surface area is 108 Å². The van der Waals surface area contributed by atoms with Crippen LogP contribution in [-0.4, -0.2) is 31.4 Å². The van der Waals surface area contributed by atoms with E-state index in [0.29, 0.717) is 13.0 Å². The zero-order valence-electron chi connectivity index (χ0n) is 10.9. The smallest absolute Gasteiger partial charge is 0.228 e. The first-order valence-electron chi connectivity index (χ1n) is 6.10. The molecule has 1 aromatic rings. The Morgan fingerprint density at radius 2 is 2.06 bits per heavy atom. The van der Waals surface area contributed by atoms with Gasteiger partial charge in [-0.15, -0.1) is 12.3 Å². The number of benzene rings is 1. The Morgan fingerprint density at radius 1 is 1.39 bits per heavy atom. The molecule has 0 saturated carbocycles. The molecule has 0 radical (unpaired) electrons. The van der Waals surface area contributed by atoms with Gasteiger partial charge in [-0.3, -0.25) is 4.79 Å². The number of carbonyl (C=O) groups is 1. The molecule has 2 rings (SSSR count). The van der Waals surface area contributed by atoms with Gasteiger partial charge >= 0.3 is 0 Å². The highest BCUT2D eigenvalue weighted by Gasteiger charge is 2.29. The fourth-order valence-corrected chi connectivity index (χ4v) is 2.22. The van der Waals surface area contributed by atoms with E-state index in [4.69, 9.17) is 6.42 Å². The summed E-state index contributed by atoms with van der Waals surface area (Å²) < 4.78 is 0. The molecule has 0 bridgehead atoms. The minimum Gasteiger partial charge on any atom is -0.311 e. The minimum atomic E-state index is 0.0546. The van der Waals surface area contributed by atoms with Crippen LogP contribution in [0.25, 0.3) is 0 Å². The van der Waals surface area contributed by atoms with Gasteiger partial charge in [0.05, 0.1) is 0 Å². The van der Waals surface area contributed by atoms with E-state index < -0.39 is 0 Å². The van der Waals surface area contributed by atoms with Crippen LogP contribution in [0.2, 0.25) is 0 Å². The third-order valence-corrected chi connectivity index (χ3v) is 3.11. The van der Waals surface area contributed by atoms with Crippen molar-refractivity contribution < 1.29 is 4.79 Å². The Morgan fingerprint density at radius 3 is 2.56 bits per heavy atom. The molecule has 1 unspecified atom stereocenters. The number of amides is 1. The van der Waals surface area contributed by atoms with Crippen LogP contribution in [0.15, 0.2) is 24.3 Å². The highest BCUT2D eigenvalue weighted by atomic mass is 16.2. The summed E-state index contributed by atoms with van der Waals surface area (Å²) in [7, 11) is 4.07. The number of anilines is 1. The Kier molecular flexibility index (Phi) is 3.69. The third-order valence-electron chi connectivity index (χ3n) is 3.11. The van der Waals surface area contributed by atoms with E-state index in [2.05, 4.69) is 23.0 Å². The lowest BCUT2D eigenvalue weighted by Crippen LogP contribution is -2.24. The molecule has 1 fully saturated rings. The van der Waals surface area contributed by atoms with Gasteiger partial charge in [-0.2, -0.15) is 0 Å². The summed E-state index contributed by atoms with van der Waals surface area (Å²) in [6, 6.07) is 8.11. The predicted molar refractivity (Wildman–Crippen MR) is 73.1 cm³/mol. The molecule has 0 aliphatic carbocycles. The van der Waals surface area contributed by atoms with E-state index in [1.165, 1.54) is 5.56 Å². The van der Waals surface area contributed by atoms with Crippen molar-refractivity contribution in [3.8, 4) is 12.3 Å². The van der Waals surface area contributed by atoms with E-state index in [9.17, 15) is 4.79 Å². The summed E-state index contributed by atoms with van der Waals surface area (Å²) in [6.45, 7) is 1.55. The summed E-state index contributed by atoms with van der Waals surface area (Å²) in [5.41, 5.74) is 2.18. The van der Waals surface area contributed by atoms with Crippen molar-refractivity contribution in [3.05, 3.63) is 29.8 Å². The second kappa shape index (κ2) is 5.24. The van der Waals surface area contributed by atoms with E-state index in [0.717, 1.165) is 12.2 Å². The van der Waals surface area contributed by atoms with Gasteiger partial charge in [-0.05, 0) is 31.8 Å². The molecule has 1 aliphatic heterocycles. The summed E-state index contributed by atoms with van der Waals surface area (Å²) in [6.07, 6.45) is 5.85. The molecule has 18 heavy (non-hydrogen) atoms. The van der Waals surface area contributed by atoms with Crippen LogP contribution in [0.4, 0.5) is 5.69 Å². The molecule has 0 spiro atoms. The van der Waals surface area contributed by atoms with Crippen LogP contribution in [0.1, 0.15) is 12.0 Å². The second-order valence-electron chi connectivity index (χ2n) is 4.98. The molecule has 94 valence electrons. The SMILES string of the molecule is C#CC1CC(=O)N(c2ccc(CN(C)C)cc2)C1. The van der Waals surface area contributed by atoms with Crippen molar-refractivity contribution in [3.63, 3.8) is 0 Å². The number of nitrogens with zero attached hydrogens (tertiary/aromatic N) is 2. The summed E-state index contributed by atoms with van der Waals surface area (Å²) in [4.78, 5) is 15.7. The molecule has 0 N–H and O–H groups in total. The maximum absolute atomic E-state index is 11.8. The first kappa shape index (κ1) is 12.7. The lowest BCUT2D eigenvalue weighted by atomic mass is 10.1. The fourth-order valence-electron chi connectivity index (χ4n) is 2.22. The largest absolute Gasteiger partial charge is 0.311 e. The first-order valence-corrected chi connectivity index (χ1v) is 6.10. The highest BCUT2D eigenvalue weighted by molar-refractivity contribution is 5.96. The molecule has 1 aliphatic rings. The van der Waals surface area contributed by atoms with Gasteiger partial charge in [0, 0.05) is 31.1 Å². The van der Waals surface area contributed by atoms with E-state index in [-0.39, 0.29) is 11.8 Å². The monoisotopic (exact) mass is 242 g/mol. The Hall–Kier alpha value is -1.79. The summed E-state index contributed by atoms with van der Waals surface area (Å²) >= 11 is 0. The molecule has 0 aromatic heterocycles. The van der Waals surface area contributed by atoms with Crippen molar-refractivity contribution in [2.24, 2.45) is 5.92 Å². The van der Waals surface area contributed by atoms with Gasteiger partial charge in [0.1, 0.15) is 0 Å². The number of hydrogen-bond acceptors (Lipinski definition) is 2. The topological polar surface area (TPSA) is 23.6 Å². The van der Waals surface area contributed by atoms with Crippen LogP contribution >= 0.6 is 0 Å². The van der Waals surface area contributed by atoms with Gasteiger partial charge in [0.15, 0.2) is 0 Å². The van der Waals surface area contributed by atoms with Crippen molar-refractivity contribution in [1.82, 2.24) is 4.90 Å². The normalized spacial score (nSPS) is 19.3. The average Bonchev–Trinajstić information content (AvgIpc) is 2.71. The Bertz CT molecular complexity index is 470. The molecular weight excluding hydrogens is 224 g/mol. The molecule has 1 saturated heterocycles. The molecular formula is C15H18N2O. The van der Waals surface area contributed by atoms with Crippen molar-refractivity contribution in [1.29, 1.82) is 0 Å². The zero-order valence-corrected chi connectivity index (χ0v) is 10.9. The quantitative estimate of drug-likeness (QED) is 0.754. The number of carbonyl (C=O) groups excluding carboxylic acids is 1. The molecule has 3 nitrogen and oxygen atoms in total. The van der Waals surface area contributed by atoms with Crippen LogP contribution in [-0.2, 0) is 11.3 Å². The van der Waals surface area contributed by atoms with Crippen LogP contribution in [0, 0.1) is 18.3 Å². The van der Waals surface area contributed by atoms with E-state index >= 15 is 0 Å². The highest BCUT2D eigenvalue weighted by Crippen LogP contribution is 2.24. The van der Waals surface area contributed by atoms with E-state index in [1.54, 1.807) is 4.90 Å². The minimum absolute atomic E-state index is 0.0546. The van der Waals surface area contributed by atoms with Crippen molar-refractivity contribution in [2.45, 2.75) is 13.0 Å². The maximum Gasteiger partial charge on any atom is 0.228 e. The second-order valence-corrected chi connectivity index (χ2v) is 4.98. The molecule has 1 atom stereocenters. The lowest BCUT2D eigenvalue weighted by molar-refractivity contribution is -0.117. The van der Waals surface area contributed by atoms with Gasteiger partial charge in [0.2, 0.25) is 5.91 Å². The first-order chi connectivity index (χ1) is 8.60. The summed E-state index contributed by atoms with van der Waals surface area (Å²) in [5, 5.41) is 0. The van der Waals surface area contributed by atoms with Crippen LogP contribution < -0.4 is 4.90 Å². The molecule has 3 heteroatoms. The van der Waals surface area contributed by atoms with Crippen molar-refractivity contribution in [2.75, 3.05) is 25.5 Å². The number of hydrogen-bond donors (Lipinski definition) is 0. The number of rotatable bonds is 3. The predicted octanol–water partition coefficient (Wildman–Crippen LogP) is 1.73. The maximum atomic E-state index is 11.8. The fraction of sp³-hybridized carbons (Fsp3) is 0.400. The zero-order chi connectivity index (χ0) is 13.1. The summed E-state index contributed by atoms with van der Waals surface area (Å²) in [5.74, 6) is 2.84. The molecule has 1 amide bonds. The molecule has 1 heterocycles. The Balaban J connectivity index is 2.11. The van der Waals surface area contributed by atoms with Crippen LogP contribution in [0.3, 0.4) is 0 Å². The molecule has 1 aromatic carbocycles. The average molecular weight is 242 g/mol. The van der Waals surface area contributed by atoms with Gasteiger partial charge in [-0.25, -0.2) is 0 Å². The van der Waals surface area contributed by atoms with Gasteiger partial charge in [-0.1, -0.05) is 12.1 Å². The lowest BCUT2D eigenvalue weighted by Gasteiger charge is -2.17. The third kappa shape index (κ3) is 2.72. The van der Waals surface area contributed by atoms with Gasteiger partial charge in [0.25, 0.3) is 0 Å². The number of terminal acetylenes is 1. The van der Waals surface area contributed by atoms with E-state index in [1.807, 2.05) is 26.2 Å².